The number of aromatic nitrogens is 4. The van der Waals surface area contributed by atoms with E-state index in [0.717, 1.165) is 5.82 Å². The van der Waals surface area contributed by atoms with E-state index in [-0.39, 0.29) is 11.7 Å². The number of nitrogens with zero attached hydrogens (tertiary/aromatic N) is 4. The van der Waals surface area contributed by atoms with E-state index in [2.05, 4.69) is 20.7 Å². The lowest BCUT2D eigenvalue weighted by molar-refractivity contribution is -0.113. The molecule has 0 spiro atoms. The zero-order valence-electron chi connectivity index (χ0n) is 11.3. The number of amides is 1. The Hall–Kier alpha value is -1.87. The highest BCUT2D eigenvalue weighted by molar-refractivity contribution is 7.99. The van der Waals surface area contributed by atoms with Gasteiger partial charge < -0.3 is 14.8 Å². The first-order valence-electron chi connectivity index (χ1n) is 6.06. The predicted molar refractivity (Wildman–Crippen MR) is 74.4 cm³/mol. The number of thioether (sulfide) groups is 1. The first-order chi connectivity index (χ1) is 9.60. The molecule has 0 aromatic carbocycles. The molecule has 108 valence electrons. The Morgan fingerprint density at radius 3 is 2.95 bits per heavy atom. The average Bonchev–Trinajstić information content (AvgIpc) is 2.96. The van der Waals surface area contributed by atoms with Gasteiger partial charge in [-0.2, -0.15) is 0 Å². The van der Waals surface area contributed by atoms with Gasteiger partial charge >= 0.3 is 0 Å². The first kappa shape index (κ1) is 14.5. The van der Waals surface area contributed by atoms with Crippen LogP contribution in [0.5, 0.6) is 0 Å². The molecule has 3 N–H and O–H groups in total. The number of hydrogen-bond acceptors (Lipinski definition) is 7. The van der Waals surface area contributed by atoms with Crippen molar-refractivity contribution >= 4 is 23.6 Å². The van der Waals surface area contributed by atoms with Crippen molar-refractivity contribution in [2.75, 3.05) is 17.6 Å². The van der Waals surface area contributed by atoms with E-state index in [9.17, 15) is 4.79 Å². The van der Waals surface area contributed by atoms with Crippen molar-refractivity contribution < 1.29 is 9.32 Å². The van der Waals surface area contributed by atoms with Gasteiger partial charge in [0.1, 0.15) is 5.82 Å². The zero-order valence-corrected chi connectivity index (χ0v) is 12.1. The van der Waals surface area contributed by atoms with Crippen molar-refractivity contribution in [3.8, 4) is 0 Å². The highest BCUT2D eigenvalue weighted by Crippen LogP contribution is 2.17. The molecular formula is C11H16N6O2S. The molecule has 2 rings (SSSR count). The molecule has 2 aromatic rings. The molecule has 0 fully saturated rings. The maximum Gasteiger partial charge on any atom is 0.237 e. The van der Waals surface area contributed by atoms with E-state index >= 15 is 0 Å². The molecule has 1 amide bonds. The largest absolute Gasteiger partial charge is 0.338 e. The molecule has 0 aliphatic rings. The predicted octanol–water partition coefficient (Wildman–Crippen LogP) is 0.572. The summed E-state index contributed by atoms with van der Waals surface area (Å²) in [6, 6.07) is 1.66. The number of aryl methyl sites for hydroxylation is 2. The molecule has 0 saturated heterocycles. The monoisotopic (exact) mass is 296 g/mol. The van der Waals surface area contributed by atoms with Crippen molar-refractivity contribution in [3.63, 3.8) is 0 Å². The lowest BCUT2D eigenvalue weighted by Gasteiger charge is -2.05. The molecule has 2 aromatic heterocycles. The lowest BCUT2D eigenvalue weighted by atomic mass is 10.5. The SMILES string of the molecule is Cc1cc(NC(=O)CSc2nnc(C)n2CCN)on1. The minimum Gasteiger partial charge on any atom is -0.338 e. The Kier molecular flexibility index (Phi) is 4.74. The van der Waals surface area contributed by atoms with E-state index in [1.807, 2.05) is 11.5 Å². The van der Waals surface area contributed by atoms with E-state index in [0.29, 0.717) is 29.8 Å². The normalized spacial score (nSPS) is 10.8. The fourth-order valence-electron chi connectivity index (χ4n) is 1.58. The molecule has 8 nitrogen and oxygen atoms in total. The Bertz CT molecular complexity index is 594. The summed E-state index contributed by atoms with van der Waals surface area (Å²) in [5.41, 5.74) is 6.25. The standard InChI is InChI=1S/C11H16N6O2S/c1-7-5-10(19-16-7)13-9(18)6-20-11-15-14-8(2)17(11)4-3-12/h5H,3-4,6,12H2,1-2H3,(H,13,18). The van der Waals surface area contributed by atoms with Gasteiger partial charge in [-0.05, 0) is 13.8 Å². The molecule has 0 radical (unpaired) electrons. The smallest absolute Gasteiger partial charge is 0.237 e. The Labute approximate surface area is 120 Å². The van der Waals surface area contributed by atoms with Crippen LogP contribution < -0.4 is 11.1 Å². The molecule has 0 unspecified atom stereocenters. The Morgan fingerprint density at radius 1 is 1.50 bits per heavy atom. The van der Waals surface area contributed by atoms with Crippen LogP contribution in [0.3, 0.4) is 0 Å². The number of carbonyl (C=O) groups is 1. The van der Waals surface area contributed by atoms with Crippen LogP contribution in [0.25, 0.3) is 0 Å². The number of rotatable bonds is 6. The molecule has 0 bridgehead atoms. The second-order valence-corrected chi connectivity index (χ2v) is 5.08. The van der Waals surface area contributed by atoms with Crippen LogP contribution in [0.4, 0.5) is 5.88 Å². The van der Waals surface area contributed by atoms with Gasteiger partial charge in [0, 0.05) is 19.2 Å². The third-order valence-electron chi connectivity index (χ3n) is 2.48. The van der Waals surface area contributed by atoms with E-state index in [4.69, 9.17) is 10.3 Å². The van der Waals surface area contributed by atoms with Gasteiger partial charge in [-0.3, -0.25) is 10.1 Å². The fourth-order valence-corrected chi connectivity index (χ4v) is 2.39. The van der Waals surface area contributed by atoms with Gasteiger partial charge in [-0.1, -0.05) is 16.9 Å². The molecule has 9 heteroatoms. The maximum atomic E-state index is 11.8. The molecular weight excluding hydrogens is 280 g/mol. The van der Waals surface area contributed by atoms with Crippen LogP contribution in [-0.2, 0) is 11.3 Å². The van der Waals surface area contributed by atoms with Gasteiger partial charge in [0.05, 0.1) is 11.4 Å². The van der Waals surface area contributed by atoms with Crippen LogP contribution in [0, 0.1) is 13.8 Å². The van der Waals surface area contributed by atoms with Crippen molar-refractivity contribution in [1.29, 1.82) is 0 Å². The number of anilines is 1. The second kappa shape index (κ2) is 6.53. The summed E-state index contributed by atoms with van der Waals surface area (Å²) in [6.07, 6.45) is 0. The fraction of sp³-hybridized carbons (Fsp3) is 0.455. The molecule has 2 heterocycles. The lowest BCUT2D eigenvalue weighted by Crippen LogP contribution is -2.15. The summed E-state index contributed by atoms with van der Waals surface area (Å²) < 4.78 is 6.80. The molecule has 0 aliphatic heterocycles. The molecule has 0 atom stereocenters. The number of nitrogens with two attached hydrogens (primary N) is 1. The van der Waals surface area contributed by atoms with Crippen LogP contribution in [0.15, 0.2) is 15.7 Å². The maximum absolute atomic E-state index is 11.8. The summed E-state index contributed by atoms with van der Waals surface area (Å²) >= 11 is 1.30. The molecule has 20 heavy (non-hydrogen) atoms. The van der Waals surface area contributed by atoms with Gasteiger partial charge in [-0.25, -0.2) is 0 Å². The quantitative estimate of drug-likeness (QED) is 0.749. The third-order valence-corrected chi connectivity index (χ3v) is 3.44. The first-order valence-corrected chi connectivity index (χ1v) is 7.04. The van der Waals surface area contributed by atoms with Gasteiger partial charge in [0.25, 0.3) is 0 Å². The van der Waals surface area contributed by atoms with Crippen molar-refractivity contribution in [1.82, 2.24) is 19.9 Å². The van der Waals surface area contributed by atoms with Crippen molar-refractivity contribution in [2.45, 2.75) is 25.5 Å². The Balaban J connectivity index is 1.90. The summed E-state index contributed by atoms with van der Waals surface area (Å²) in [4.78, 5) is 11.8. The van der Waals surface area contributed by atoms with Gasteiger partial charge in [0.15, 0.2) is 5.16 Å². The number of carbonyl (C=O) groups excluding carboxylic acids is 1. The van der Waals surface area contributed by atoms with Crippen LogP contribution >= 0.6 is 11.8 Å². The van der Waals surface area contributed by atoms with E-state index in [1.165, 1.54) is 11.8 Å². The average molecular weight is 296 g/mol. The summed E-state index contributed by atoms with van der Waals surface area (Å²) in [6.45, 7) is 4.76. The van der Waals surface area contributed by atoms with Gasteiger partial charge in [0.2, 0.25) is 11.8 Å². The topological polar surface area (TPSA) is 112 Å². The third kappa shape index (κ3) is 3.58. The second-order valence-electron chi connectivity index (χ2n) is 4.14. The van der Waals surface area contributed by atoms with Crippen molar-refractivity contribution in [2.24, 2.45) is 5.73 Å². The van der Waals surface area contributed by atoms with Crippen LogP contribution in [-0.4, -0.2) is 38.1 Å². The zero-order chi connectivity index (χ0) is 14.5. The minimum atomic E-state index is -0.189. The van der Waals surface area contributed by atoms with Gasteiger partial charge in [-0.15, -0.1) is 10.2 Å². The number of nitrogens with one attached hydrogen (secondary N) is 1. The van der Waals surface area contributed by atoms with Crippen molar-refractivity contribution in [3.05, 3.63) is 17.6 Å². The van der Waals surface area contributed by atoms with E-state index < -0.39 is 0 Å². The summed E-state index contributed by atoms with van der Waals surface area (Å²) in [5.74, 6) is 1.14. The molecule has 0 aliphatic carbocycles. The Morgan fingerprint density at radius 2 is 2.30 bits per heavy atom. The van der Waals surface area contributed by atoms with E-state index in [1.54, 1.807) is 13.0 Å². The number of hydrogen-bond donors (Lipinski definition) is 2. The highest BCUT2D eigenvalue weighted by atomic mass is 32.2. The highest BCUT2D eigenvalue weighted by Gasteiger charge is 2.12. The van der Waals surface area contributed by atoms with Crippen LogP contribution in [0.1, 0.15) is 11.5 Å². The minimum absolute atomic E-state index is 0.189. The molecule has 0 saturated carbocycles. The summed E-state index contributed by atoms with van der Waals surface area (Å²) in [5, 5.41) is 15.0. The van der Waals surface area contributed by atoms with Crippen LogP contribution in [0.2, 0.25) is 0 Å². The summed E-state index contributed by atoms with van der Waals surface area (Å²) in [7, 11) is 0.